The summed E-state index contributed by atoms with van der Waals surface area (Å²) >= 11 is 14.7. The average Bonchev–Trinajstić information content (AvgIpc) is 3.24. The number of nitrogens with zero attached hydrogens (tertiary/aromatic N) is 3. The maximum Gasteiger partial charge on any atom is 0.215 e. The van der Waals surface area contributed by atoms with Crippen LogP contribution in [0.3, 0.4) is 0 Å². The molecule has 126 valence electrons. The molecule has 0 spiro atoms. The van der Waals surface area contributed by atoms with Gasteiger partial charge in [-0.3, -0.25) is 0 Å². The van der Waals surface area contributed by atoms with E-state index in [2.05, 4.69) is 48.5 Å². The van der Waals surface area contributed by atoms with Gasteiger partial charge in [-0.05, 0) is 68.9 Å². The highest BCUT2D eigenvalue weighted by molar-refractivity contribution is 14.1. The van der Waals surface area contributed by atoms with E-state index in [0.29, 0.717) is 33.8 Å². The van der Waals surface area contributed by atoms with Crippen LogP contribution in [0.2, 0.25) is 10.0 Å². The van der Waals surface area contributed by atoms with Gasteiger partial charge in [-0.25, -0.2) is 5.10 Å². The van der Waals surface area contributed by atoms with E-state index in [1.165, 1.54) is 0 Å². The molecule has 25 heavy (non-hydrogen) atoms. The molecule has 0 unspecified atom stereocenters. The maximum absolute atomic E-state index is 6.38. The molecule has 0 atom stereocenters. The number of aromatic amines is 1. The zero-order chi connectivity index (χ0) is 17.4. The quantitative estimate of drug-likeness (QED) is 0.391. The van der Waals surface area contributed by atoms with Crippen molar-refractivity contribution in [1.29, 1.82) is 0 Å². The minimum atomic E-state index is 0.473. The SMILES string of the molecule is Clc1cc(NCc2cc3cc(-c4nnn[nH]4)oc3cc2Cl)ccc1I. The van der Waals surface area contributed by atoms with E-state index >= 15 is 0 Å². The Balaban J connectivity index is 1.60. The molecule has 0 fully saturated rings. The van der Waals surface area contributed by atoms with Gasteiger partial charge in [-0.2, -0.15) is 0 Å². The Morgan fingerprint density at radius 3 is 2.76 bits per heavy atom. The molecule has 0 radical (unpaired) electrons. The fraction of sp³-hybridized carbons (Fsp3) is 0.0625. The molecule has 4 rings (SSSR count). The molecule has 4 aromatic rings. The van der Waals surface area contributed by atoms with Crippen molar-refractivity contribution in [2.45, 2.75) is 6.54 Å². The number of fused-ring (bicyclic) bond motifs is 1. The Hall–Kier alpha value is -1.84. The number of nitrogens with one attached hydrogen (secondary N) is 2. The van der Waals surface area contributed by atoms with Crippen LogP contribution in [-0.2, 0) is 6.54 Å². The molecule has 0 saturated carbocycles. The van der Waals surface area contributed by atoms with Gasteiger partial charge >= 0.3 is 0 Å². The van der Waals surface area contributed by atoms with Crippen LogP contribution in [0.4, 0.5) is 5.69 Å². The van der Waals surface area contributed by atoms with Crippen LogP contribution in [-0.4, -0.2) is 20.6 Å². The third-order valence-corrected chi connectivity index (χ3v) is 5.59. The molecule has 9 heteroatoms. The second kappa shape index (κ2) is 6.81. The lowest BCUT2D eigenvalue weighted by atomic mass is 10.1. The van der Waals surface area contributed by atoms with Crippen molar-refractivity contribution in [2.75, 3.05) is 5.32 Å². The number of tetrazole rings is 1. The number of halogens is 3. The van der Waals surface area contributed by atoms with Gasteiger partial charge in [0.1, 0.15) is 5.58 Å². The van der Waals surface area contributed by atoms with E-state index in [1.807, 2.05) is 30.3 Å². The number of aromatic nitrogens is 4. The summed E-state index contributed by atoms with van der Waals surface area (Å²) in [6, 6.07) is 11.5. The summed E-state index contributed by atoms with van der Waals surface area (Å²) in [5, 5.41) is 19.2. The molecule has 2 N–H and O–H groups in total. The van der Waals surface area contributed by atoms with E-state index in [1.54, 1.807) is 6.07 Å². The second-order valence-corrected chi connectivity index (χ2v) is 7.30. The van der Waals surface area contributed by atoms with Crippen LogP contribution < -0.4 is 5.32 Å². The minimum absolute atomic E-state index is 0.473. The number of benzene rings is 2. The van der Waals surface area contributed by atoms with Crippen molar-refractivity contribution in [3.63, 3.8) is 0 Å². The van der Waals surface area contributed by atoms with Gasteiger partial charge in [-0.1, -0.05) is 23.2 Å². The number of hydrogen-bond donors (Lipinski definition) is 2. The fourth-order valence-electron chi connectivity index (χ4n) is 2.43. The van der Waals surface area contributed by atoms with E-state index < -0.39 is 0 Å². The molecule has 2 aromatic carbocycles. The molecule has 0 aliphatic heterocycles. The summed E-state index contributed by atoms with van der Waals surface area (Å²) in [6.45, 7) is 0.566. The Bertz CT molecular complexity index is 1050. The molecule has 0 saturated heterocycles. The number of H-pyrrole nitrogens is 1. The van der Waals surface area contributed by atoms with Gasteiger partial charge in [0.15, 0.2) is 5.76 Å². The zero-order valence-corrected chi connectivity index (χ0v) is 16.2. The first-order valence-corrected chi connectivity index (χ1v) is 9.08. The lowest BCUT2D eigenvalue weighted by molar-refractivity contribution is 0.625. The number of hydrogen-bond acceptors (Lipinski definition) is 5. The van der Waals surface area contributed by atoms with Crippen LogP contribution in [0, 0.1) is 3.57 Å². The molecule has 0 aliphatic rings. The number of anilines is 1. The summed E-state index contributed by atoms with van der Waals surface area (Å²) in [5.74, 6) is 1.03. The first kappa shape index (κ1) is 16.6. The molecule has 2 aromatic heterocycles. The zero-order valence-electron chi connectivity index (χ0n) is 12.6. The Labute approximate surface area is 166 Å². The topological polar surface area (TPSA) is 79.6 Å². The van der Waals surface area contributed by atoms with Gasteiger partial charge in [0.05, 0.1) is 5.02 Å². The average molecular weight is 486 g/mol. The van der Waals surface area contributed by atoms with Gasteiger partial charge in [-0.15, -0.1) is 5.10 Å². The third kappa shape index (κ3) is 3.44. The highest BCUT2D eigenvalue weighted by atomic mass is 127. The molecule has 6 nitrogen and oxygen atoms in total. The summed E-state index contributed by atoms with van der Waals surface area (Å²) in [7, 11) is 0. The lowest BCUT2D eigenvalue weighted by Crippen LogP contribution is -2.00. The van der Waals surface area contributed by atoms with Crippen molar-refractivity contribution < 1.29 is 4.42 Å². The number of rotatable bonds is 4. The van der Waals surface area contributed by atoms with Crippen LogP contribution in [0.5, 0.6) is 0 Å². The molecular formula is C16H10Cl2IN5O. The first-order valence-electron chi connectivity index (χ1n) is 7.25. The molecule has 0 aliphatic carbocycles. The Morgan fingerprint density at radius 2 is 2.00 bits per heavy atom. The highest BCUT2D eigenvalue weighted by Crippen LogP contribution is 2.30. The van der Waals surface area contributed by atoms with Crippen LogP contribution >= 0.6 is 45.8 Å². The summed E-state index contributed by atoms with van der Waals surface area (Å²) < 4.78 is 6.75. The van der Waals surface area contributed by atoms with Gasteiger partial charge < -0.3 is 9.73 Å². The van der Waals surface area contributed by atoms with E-state index in [-0.39, 0.29) is 0 Å². The standard InChI is InChI=1S/C16H10Cl2IN5O/c17-11-6-14-8(4-15(25-14)16-21-23-24-22-16)3-9(11)7-20-10-1-2-13(19)12(18)5-10/h1-6,20H,7H2,(H,21,22,23,24). The third-order valence-electron chi connectivity index (χ3n) is 3.67. The van der Waals surface area contributed by atoms with E-state index in [4.69, 9.17) is 27.6 Å². The van der Waals surface area contributed by atoms with Crippen molar-refractivity contribution >= 4 is 62.4 Å². The molecule has 2 heterocycles. The monoisotopic (exact) mass is 485 g/mol. The van der Waals surface area contributed by atoms with Crippen LogP contribution in [0.1, 0.15) is 5.56 Å². The van der Waals surface area contributed by atoms with Crippen molar-refractivity contribution in [1.82, 2.24) is 20.6 Å². The first-order chi connectivity index (χ1) is 12.1. The van der Waals surface area contributed by atoms with Crippen LogP contribution in [0.15, 0.2) is 40.8 Å². The predicted octanol–water partition coefficient (Wildman–Crippen LogP) is 5.14. The maximum atomic E-state index is 6.38. The predicted molar refractivity (Wildman–Crippen MR) is 106 cm³/mol. The number of furan rings is 1. The van der Waals surface area contributed by atoms with Gasteiger partial charge in [0.2, 0.25) is 5.82 Å². The second-order valence-electron chi connectivity index (χ2n) is 5.32. The summed E-state index contributed by atoms with van der Waals surface area (Å²) in [5.41, 5.74) is 2.56. The highest BCUT2D eigenvalue weighted by Gasteiger charge is 2.12. The van der Waals surface area contributed by atoms with E-state index in [9.17, 15) is 0 Å². The summed E-state index contributed by atoms with van der Waals surface area (Å²) in [4.78, 5) is 0. The summed E-state index contributed by atoms with van der Waals surface area (Å²) in [6.07, 6.45) is 0. The largest absolute Gasteiger partial charge is 0.453 e. The smallest absolute Gasteiger partial charge is 0.215 e. The normalized spacial score (nSPS) is 11.2. The van der Waals surface area contributed by atoms with Gasteiger partial charge in [0.25, 0.3) is 0 Å². The van der Waals surface area contributed by atoms with Crippen molar-refractivity contribution in [2.24, 2.45) is 0 Å². The minimum Gasteiger partial charge on any atom is -0.453 e. The fourth-order valence-corrected chi connectivity index (χ4v) is 3.16. The van der Waals surface area contributed by atoms with Gasteiger partial charge in [0, 0.05) is 32.3 Å². The van der Waals surface area contributed by atoms with E-state index in [0.717, 1.165) is 20.2 Å². The molecule has 0 bridgehead atoms. The Morgan fingerprint density at radius 1 is 1.12 bits per heavy atom. The van der Waals surface area contributed by atoms with Crippen molar-refractivity contribution in [3.8, 4) is 11.6 Å². The lowest BCUT2D eigenvalue weighted by Gasteiger charge is -2.09. The van der Waals surface area contributed by atoms with Crippen LogP contribution in [0.25, 0.3) is 22.6 Å². The van der Waals surface area contributed by atoms with Crippen molar-refractivity contribution in [3.05, 3.63) is 55.6 Å². The molecular weight excluding hydrogens is 476 g/mol. The molecule has 0 amide bonds. The Kier molecular flexibility index (Phi) is 4.53.